The zero-order valence-corrected chi connectivity index (χ0v) is 16.2. The number of esters is 1. The number of hydrogen-bond donors (Lipinski definition) is 0. The second-order valence-electron chi connectivity index (χ2n) is 6.57. The summed E-state index contributed by atoms with van der Waals surface area (Å²) in [6, 6.07) is 0.141. The molecule has 0 unspecified atom stereocenters. The lowest BCUT2D eigenvalue weighted by Crippen LogP contribution is -2.47. The van der Waals surface area contributed by atoms with Crippen LogP contribution in [0.25, 0.3) is 0 Å². The molecule has 0 aliphatic carbocycles. The molecule has 2 heterocycles. The number of carbonyl (C=O) groups excluding carboxylic acids is 2. The van der Waals surface area contributed by atoms with Crippen molar-refractivity contribution in [1.82, 2.24) is 4.90 Å². The fraction of sp³-hybridized carbons (Fsp3) is 0.706. The fourth-order valence-corrected chi connectivity index (χ4v) is 4.47. The minimum atomic E-state index is -0.334. The Balaban J connectivity index is 2.02. The van der Waals surface area contributed by atoms with Gasteiger partial charge in [-0.3, -0.25) is 14.5 Å². The quantitative estimate of drug-likeness (QED) is 0.421. The molecule has 7 heteroatoms. The highest BCUT2D eigenvalue weighted by atomic mass is 32.2. The Kier molecular flexibility index (Phi) is 6.83. The summed E-state index contributed by atoms with van der Waals surface area (Å²) in [5, 5.41) is 0. The average molecular weight is 372 g/mol. The third kappa shape index (κ3) is 4.58. The number of nitrogens with zero attached hydrogens (tertiary/aromatic N) is 1. The largest absolute Gasteiger partial charge is 0.463 e. The molecule has 2 rings (SSSR count). The van der Waals surface area contributed by atoms with E-state index in [4.69, 9.17) is 21.7 Å². The summed E-state index contributed by atoms with van der Waals surface area (Å²) in [5.74, 6) is 0.554. The molecule has 5 nitrogen and oxygen atoms in total. The normalized spacial score (nSPS) is 28.3. The first kappa shape index (κ1) is 19.4. The molecule has 1 amide bonds. The number of rotatable bonds is 5. The van der Waals surface area contributed by atoms with Crippen LogP contribution >= 0.6 is 24.0 Å². The summed E-state index contributed by atoms with van der Waals surface area (Å²) in [7, 11) is 0. The number of thiocarbonyl (C=S) groups is 1. The highest BCUT2D eigenvalue weighted by Gasteiger charge is 2.40. The molecule has 0 bridgehead atoms. The molecular formula is C17H25NO4S2. The first-order valence-electron chi connectivity index (χ1n) is 8.26. The van der Waals surface area contributed by atoms with E-state index in [0.717, 1.165) is 5.75 Å². The Morgan fingerprint density at radius 3 is 2.79 bits per heavy atom. The Labute approximate surface area is 153 Å². The summed E-state index contributed by atoms with van der Waals surface area (Å²) in [6.07, 6.45) is 4.05. The highest BCUT2D eigenvalue weighted by Crippen LogP contribution is 2.32. The van der Waals surface area contributed by atoms with Crippen LogP contribution in [-0.2, 0) is 19.1 Å². The van der Waals surface area contributed by atoms with Gasteiger partial charge in [0.25, 0.3) is 0 Å². The van der Waals surface area contributed by atoms with Crippen molar-refractivity contribution in [3.8, 4) is 0 Å². The van der Waals surface area contributed by atoms with E-state index in [1.807, 2.05) is 19.1 Å². The second-order valence-corrected chi connectivity index (χ2v) is 8.23. The van der Waals surface area contributed by atoms with Gasteiger partial charge in [0.05, 0.1) is 18.1 Å². The minimum absolute atomic E-state index is 0.00601. The molecule has 0 aromatic carbocycles. The maximum Gasteiger partial charge on any atom is 0.302 e. The number of ether oxygens (including phenoxy) is 2. The van der Waals surface area contributed by atoms with Crippen molar-refractivity contribution >= 4 is 40.2 Å². The van der Waals surface area contributed by atoms with E-state index >= 15 is 0 Å². The van der Waals surface area contributed by atoms with E-state index in [2.05, 4.69) is 13.8 Å². The Morgan fingerprint density at radius 1 is 1.46 bits per heavy atom. The lowest BCUT2D eigenvalue weighted by Gasteiger charge is -2.33. The van der Waals surface area contributed by atoms with Gasteiger partial charge in [-0.2, -0.15) is 0 Å². The Morgan fingerprint density at radius 2 is 2.17 bits per heavy atom. The molecule has 0 spiro atoms. The van der Waals surface area contributed by atoms with Gasteiger partial charge >= 0.3 is 5.97 Å². The summed E-state index contributed by atoms with van der Waals surface area (Å²) in [4.78, 5) is 25.7. The van der Waals surface area contributed by atoms with Crippen molar-refractivity contribution in [3.63, 3.8) is 0 Å². The van der Waals surface area contributed by atoms with Gasteiger partial charge < -0.3 is 9.47 Å². The van der Waals surface area contributed by atoms with Crippen LogP contribution in [0.5, 0.6) is 0 Å². The van der Waals surface area contributed by atoms with E-state index in [0.29, 0.717) is 16.7 Å². The molecule has 0 saturated carbocycles. The van der Waals surface area contributed by atoms with Gasteiger partial charge in [-0.15, -0.1) is 0 Å². The van der Waals surface area contributed by atoms with Crippen molar-refractivity contribution in [2.24, 2.45) is 11.8 Å². The van der Waals surface area contributed by atoms with Gasteiger partial charge in [-0.25, -0.2) is 0 Å². The third-order valence-corrected chi connectivity index (χ3v) is 5.84. The van der Waals surface area contributed by atoms with Crippen molar-refractivity contribution in [3.05, 3.63) is 12.2 Å². The van der Waals surface area contributed by atoms with E-state index in [-0.39, 0.29) is 42.7 Å². The van der Waals surface area contributed by atoms with Crippen LogP contribution in [0.4, 0.5) is 0 Å². The monoisotopic (exact) mass is 371 g/mol. The third-order valence-electron chi connectivity index (χ3n) is 4.34. The van der Waals surface area contributed by atoms with Gasteiger partial charge in [-0.1, -0.05) is 56.9 Å². The molecule has 1 fully saturated rings. The first-order chi connectivity index (χ1) is 11.3. The fourth-order valence-electron chi connectivity index (χ4n) is 2.83. The van der Waals surface area contributed by atoms with E-state index in [1.165, 1.54) is 6.92 Å². The van der Waals surface area contributed by atoms with Crippen LogP contribution in [0.15, 0.2) is 12.2 Å². The second kappa shape index (κ2) is 8.45. The molecule has 0 N–H and O–H groups in total. The SMILES string of the molecule is CC(=O)OC[C@@H]1CC=C[C@@H]([C@@H](C)C(=O)N2C(=S)SC[C@@H]2C(C)C)O1. The van der Waals surface area contributed by atoms with Crippen LogP contribution < -0.4 is 0 Å². The van der Waals surface area contributed by atoms with Gasteiger partial charge in [0.1, 0.15) is 10.9 Å². The topological polar surface area (TPSA) is 55.8 Å². The Hall–Kier alpha value is -0.920. The number of hydrogen-bond acceptors (Lipinski definition) is 6. The molecule has 2 aliphatic heterocycles. The van der Waals surface area contributed by atoms with Gasteiger partial charge in [0.2, 0.25) is 5.91 Å². The van der Waals surface area contributed by atoms with E-state index in [1.54, 1.807) is 16.7 Å². The molecular weight excluding hydrogens is 346 g/mol. The first-order valence-corrected chi connectivity index (χ1v) is 9.66. The van der Waals surface area contributed by atoms with Crippen LogP contribution in [0.1, 0.15) is 34.1 Å². The minimum Gasteiger partial charge on any atom is -0.463 e. The summed E-state index contributed by atoms with van der Waals surface area (Å²) in [6.45, 7) is 7.67. The van der Waals surface area contributed by atoms with Gasteiger partial charge in [-0.05, 0) is 12.3 Å². The molecule has 2 aliphatic rings. The van der Waals surface area contributed by atoms with Crippen LogP contribution in [-0.4, -0.2) is 51.7 Å². The standard InChI is InChI=1S/C17H25NO4S2/c1-10(2)14-9-24-17(23)18(14)16(20)11(3)15-7-5-6-13(22-15)8-21-12(4)19/h5,7,10-11,13-15H,6,8-9H2,1-4H3/t11-,13+,14-,15+/m1/s1. The smallest absolute Gasteiger partial charge is 0.302 e. The summed E-state index contributed by atoms with van der Waals surface area (Å²) < 4.78 is 11.6. The predicted octanol–water partition coefficient (Wildman–Crippen LogP) is 2.78. The number of amides is 1. The number of thioether (sulfide) groups is 1. The lowest BCUT2D eigenvalue weighted by molar-refractivity contribution is -0.150. The lowest BCUT2D eigenvalue weighted by atomic mass is 9.97. The maximum absolute atomic E-state index is 13.0. The van der Waals surface area contributed by atoms with Crippen molar-refractivity contribution < 1.29 is 19.1 Å². The van der Waals surface area contributed by atoms with Gasteiger partial charge in [0, 0.05) is 18.7 Å². The molecule has 134 valence electrons. The van der Waals surface area contributed by atoms with Crippen LogP contribution in [0.2, 0.25) is 0 Å². The molecule has 24 heavy (non-hydrogen) atoms. The molecule has 4 atom stereocenters. The van der Waals surface area contributed by atoms with Crippen molar-refractivity contribution in [1.29, 1.82) is 0 Å². The van der Waals surface area contributed by atoms with Crippen LogP contribution in [0, 0.1) is 11.8 Å². The van der Waals surface area contributed by atoms with E-state index in [9.17, 15) is 9.59 Å². The zero-order valence-electron chi connectivity index (χ0n) is 14.6. The zero-order chi connectivity index (χ0) is 17.9. The van der Waals surface area contributed by atoms with Crippen molar-refractivity contribution in [2.45, 2.75) is 52.4 Å². The highest BCUT2D eigenvalue weighted by molar-refractivity contribution is 8.23. The van der Waals surface area contributed by atoms with Crippen molar-refractivity contribution in [2.75, 3.05) is 12.4 Å². The summed E-state index contributed by atoms with van der Waals surface area (Å²) >= 11 is 6.95. The molecule has 0 aromatic rings. The van der Waals surface area contributed by atoms with Crippen LogP contribution in [0.3, 0.4) is 0 Å². The van der Waals surface area contributed by atoms with E-state index < -0.39 is 0 Å². The Bertz CT molecular complexity index is 535. The van der Waals surface area contributed by atoms with Gasteiger partial charge in [0.15, 0.2) is 0 Å². The predicted molar refractivity (Wildman–Crippen MR) is 98.7 cm³/mol. The maximum atomic E-state index is 13.0. The molecule has 0 aromatic heterocycles. The molecule has 1 saturated heterocycles. The number of carbonyl (C=O) groups is 2. The summed E-state index contributed by atoms with van der Waals surface area (Å²) in [5.41, 5.74) is 0. The molecule has 0 radical (unpaired) electrons. The average Bonchev–Trinajstić information content (AvgIpc) is 2.93.